The molecule has 0 radical (unpaired) electrons. The molecule has 0 aliphatic rings. The molecule has 1 rings (SSSR count). The van der Waals surface area contributed by atoms with E-state index < -0.39 is 0 Å². The summed E-state index contributed by atoms with van der Waals surface area (Å²) in [7, 11) is 0. The normalized spacial score (nSPS) is 12.2. The zero-order chi connectivity index (χ0) is 11.3. The van der Waals surface area contributed by atoms with E-state index in [2.05, 4.69) is 5.32 Å². The van der Waals surface area contributed by atoms with Gasteiger partial charge in [-0.15, -0.1) is 11.8 Å². The molecule has 0 aliphatic heterocycles. The lowest BCUT2D eigenvalue weighted by atomic mass is 10.2. The number of hydrogen-bond donors (Lipinski definition) is 2. The highest BCUT2D eigenvalue weighted by Crippen LogP contribution is 2.19. The molecule has 0 aliphatic carbocycles. The first-order valence-corrected chi connectivity index (χ1v) is 6.05. The lowest BCUT2D eigenvalue weighted by molar-refractivity contribution is 0.0938. The molecule has 3 nitrogen and oxygen atoms in total. The molecule has 1 amide bonds. The van der Waals surface area contributed by atoms with Gasteiger partial charge in [0.25, 0.3) is 5.91 Å². The van der Waals surface area contributed by atoms with E-state index in [1.165, 1.54) is 0 Å². The van der Waals surface area contributed by atoms with Crippen molar-refractivity contribution in [3.05, 3.63) is 29.8 Å². The molecule has 0 fully saturated rings. The number of hydrogen-bond acceptors (Lipinski definition) is 3. The number of amides is 1. The standard InChI is InChI=1S/C11H16N2OS/c1-8(7-12)13-11(14)9-5-3-4-6-10(9)15-2/h3-6,8H,7,12H2,1-2H3,(H,13,14). The second kappa shape index (κ2) is 5.78. The van der Waals surface area contributed by atoms with Gasteiger partial charge in [-0.05, 0) is 25.3 Å². The van der Waals surface area contributed by atoms with Crippen molar-refractivity contribution in [2.75, 3.05) is 12.8 Å². The quantitative estimate of drug-likeness (QED) is 0.762. The van der Waals surface area contributed by atoms with Crippen molar-refractivity contribution in [3.63, 3.8) is 0 Å². The predicted molar refractivity (Wildman–Crippen MR) is 64.2 cm³/mol. The third-order valence-corrected chi connectivity index (χ3v) is 2.88. The molecule has 0 bridgehead atoms. The van der Waals surface area contributed by atoms with Crippen molar-refractivity contribution in [1.29, 1.82) is 0 Å². The maximum atomic E-state index is 11.8. The molecular formula is C11H16N2OS. The van der Waals surface area contributed by atoms with Crippen LogP contribution in [-0.2, 0) is 0 Å². The predicted octanol–water partition coefficient (Wildman–Crippen LogP) is 1.49. The van der Waals surface area contributed by atoms with Crippen LogP contribution in [-0.4, -0.2) is 24.7 Å². The van der Waals surface area contributed by atoms with E-state index in [9.17, 15) is 4.79 Å². The number of carbonyl (C=O) groups is 1. The molecule has 15 heavy (non-hydrogen) atoms. The molecule has 0 aromatic heterocycles. The largest absolute Gasteiger partial charge is 0.348 e. The minimum Gasteiger partial charge on any atom is -0.348 e. The van der Waals surface area contributed by atoms with Crippen LogP contribution < -0.4 is 11.1 Å². The van der Waals surface area contributed by atoms with E-state index in [-0.39, 0.29) is 11.9 Å². The lowest BCUT2D eigenvalue weighted by Crippen LogP contribution is -2.37. The molecule has 1 aromatic rings. The van der Waals surface area contributed by atoms with Gasteiger partial charge in [0.2, 0.25) is 0 Å². The van der Waals surface area contributed by atoms with Gasteiger partial charge in [0.15, 0.2) is 0 Å². The summed E-state index contributed by atoms with van der Waals surface area (Å²) in [5.74, 6) is -0.0575. The molecule has 4 heteroatoms. The van der Waals surface area contributed by atoms with Gasteiger partial charge in [0.05, 0.1) is 5.56 Å². The summed E-state index contributed by atoms with van der Waals surface area (Å²) < 4.78 is 0. The van der Waals surface area contributed by atoms with Gasteiger partial charge in [-0.25, -0.2) is 0 Å². The summed E-state index contributed by atoms with van der Waals surface area (Å²) in [6, 6.07) is 7.56. The van der Waals surface area contributed by atoms with E-state index in [1.54, 1.807) is 11.8 Å². The number of carbonyl (C=O) groups excluding carboxylic acids is 1. The van der Waals surface area contributed by atoms with Crippen molar-refractivity contribution < 1.29 is 4.79 Å². The Bertz CT molecular complexity index is 341. The van der Waals surface area contributed by atoms with E-state index in [1.807, 2.05) is 37.4 Å². The second-order valence-electron chi connectivity index (χ2n) is 3.31. The number of rotatable bonds is 4. The highest BCUT2D eigenvalue weighted by Gasteiger charge is 2.11. The molecule has 3 N–H and O–H groups in total. The number of nitrogens with one attached hydrogen (secondary N) is 1. The van der Waals surface area contributed by atoms with Crippen LogP contribution in [0.25, 0.3) is 0 Å². The van der Waals surface area contributed by atoms with Crippen molar-refractivity contribution in [3.8, 4) is 0 Å². The van der Waals surface area contributed by atoms with Gasteiger partial charge in [-0.3, -0.25) is 4.79 Å². The molecule has 0 saturated heterocycles. The maximum absolute atomic E-state index is 11.8. The zero-order valence-corrected chi connectivity index (χ0v) is 9.80. The van der Waals surface area contributed by atoms with Crippen molar-refractivity contribution in [1.82, 2.24) is 5.32 Å². The monoisotopic (exact) mass is 224 g/mol. The summed E-state index contributed by atoms with van der Waals surface area (Å²) in [5, 5.41) is 2.84. The first kappa shape index (κ1) is 12.1. The third-order valence-electron chi connectivity index (χ3n) is 2.08. The number of benzene rings is 1. The van der Waals surface area contributed by atoms with E-state index >= 15 is 0 Å². The Labute approximate surface area is 94.4 Å². The van der Waals surface area contributed by atoms with Gasteiger partial charge in [-0.1, -0.05) is 12.1 Å². The zero-order valence-electron chi connectivity index (χ0n) is 8.99. The van der Waals surface area contributed by atoms with Gasteiger partial charge in [0, 0.05) is 17.5 Å². The molecule has 1 atom stereocenters. The fraction of sp³-hybridized carbons (Fsp3) is 0.364. The summed E-state index contributed by atoms with van der Waals surface area (Å²) >= 11 is 1.57. The van der Waals surface area contributed by atoms with Gasteiger partial charge >= 0.3 is 0 Å². The SMILES string of the molecule is CSc1ccccc1C(=O)NC(C)CN. The Morgan fingerprint density at radius 3 is 2.80 bits per heavy atom. The molecule has 1 unspecified atom stereocenters. The van der Waals surface area contributed by atoms with Gasteiger partial charge in [0.1, 0.15) is 0 Å². The van der Waals surface area contributed by atoms with E-state index in [0.717, 1.165) is 4.90 Å². The Hall–Kier alpha value is -1.00. The summed E-state index contributed by atoms with van der Waals surface area (Å²) in [4.78, 5) is 12.8. The molecule has 0 saturated carbocycles. The molecule has 0 spiro atoms. The smallest absolute Gasteiger partial charge is 0.252 e. The van der Waals surface area contributed by atoms with Crippen LogP contribution in [0.4, 0.5) is 0 Å². The Morgan fingerprint density at radius 2 is 2.20 bits per heavy atom. The molecule has 1 aromatic carbocycles. The Morgan fingerprint density at radius 1 is 1.53 bits per heavy atom. The average Bonchev–Trinajstić information content (AvgIpc) is 2.28. The first-order valence-electron chi connectivity index (χ1n) is 4.83. The Kier molecular flexibility index (Phi) is 4.65. The van der Waals surface area contributed by atoms with Crippen molar-refractivity contribution in [2.24, 2.45) is 5.73 Å². The minimum absolute atomic E-state index is 0.00686. The molecule has 0 heterocycles. The van der Waals surface area contributed by atoms with Crippen LogP contribution in [0.15, 0.2) is 29.2 Å². The number of thioether (sulfide) groups is 1. The molecular weight excluding hydrogens is 208 g/mol. The minimum atomic E-state index is -0.0575. The third kappa shape index (κ3) is 3.25. The number of nitrogens with two attached hydrogens (primary N) is 1. The van der Waals surface area contributed by atoms with Crippen molar-refractivity contribution in [2.45, 2.75) is 17.9 Å². The van der Waals surface area contributed by atoms with Crippen LogP contribution in [0, 0.1) is 0 Å². The van der Waals surface area contributed by atoms with Gasteiger partial charge < -0.3 is 11.1 Å². The van der Waals surface area contributed by atoms with E-state index in [0.29, 0.717) is 12.1 Å². The summed E-state index contributed by atoms with van der Waals surface area (Å²) in [5.41, 5.74) is 6.16. The topological polar surface area (TPSA) is 55.1 Å². The van der Waals surface area contributed by atoms with E-state index in [4.69, 9.17) is 5.73 Å². The molecule has 82 valence electrons. The highest BCUT2D eigenvalue weighted by atomic mass is 32.2. The summed E-state index contributed by atoms with van der Waals surface area (Å²) in [6.45, 7) is 2.34. The van der Waals surface area contributed by atoms with Crippen LogP contribution in [0.2, 0.25) is 0 Å². The summed E-state index contributed by atoms with van der Waals surface area (Å²) in [6.07, 6.45) is 1.96. The van der Waals surface area contributed by atoms with Crippen LogP contribution in [0.3, 0.4) is 0 Å². The lowest BCUT2D eigenvalue weighted by Gasteiger charge is -2.12. The van der Waals surface area contributed by atoms with Crippen LogP contribution >= 0.6 is 11.8 Å². The van der Waals surface area contributed by atoms with Gasteiger partial charge in [-0.2, -0.15) is 0 Å². The first-order chi connectivity index (χ1) is 7.19. The van der Waals surface area contributed by atoms with Crippen molar-refractivity contribution >= 4 is 17.7 Å². The van der Waals surface area contributed by atoms with Crippen LogP contribution in [0.5, 0.6) is 0 Å². The fourth-order valence-electron chi connectivity index (χ4n) is 1.19. The fourth-order valence-corrected chi connectivity index (χ4v) is 1.79. The second-order valence-corrected chi connectivity index (χ2v) is 4.16. The highest BCUT2D eigenvalue weighted by molar-refractivity contribution is 7.98. The Balaban J connectivity index is 2.81. The maximum Gasteiger partial charge on any atom is 0.252 e. The average molecular weight is 224 g/mol. The van der Waals surface area contributed by atoms with Crippen LogP contribution in [0.1, 0.15) is 17.3 Å².